The number of amides is 1. The molecule has 0 saturated carbocycles. The Balaban J connectivity index is 1.41. The van der Waals surface area contributed by atoms with Crippen molar-refractivity contribution in [3.63, 3.8) is 0 Å². The SMILES string of the molecule is CN1CCC(N2CCN(C(=O)[C@H](N)CN3CCOCC3)CC2)CC1. The summed E-state index contributed by atoms with van der Waals surface area (Å²) in [5.41, 5.74) is 6.18. The van der Waals surface area contributed by atoms with Crippen molar-refractivity contribution in [2.75, 3.05) is 79.2 Å². The molecule has 0 aromatic carbocycles. The zero-order valence-electron chi connectivity index (χ0n) is 15.0. The minimum Gasteiger partial charge on any atom is -0.379 e. The fourth-order valence-electron chi connectivity index (χ4n) is 4.04. The van der Waals surface area contributed by atoms with Crippen LogP contribution in [0, 0.1) is 0 Å². The molecule has 3 aliphatic rings. The Morgan fingerprint density at radius 1 is 1.04 bits per heavy atom. The fourth-order valence-corrected chi connectivity index (χ4v) is 4.04. The van der Waals surface area contributed by atoms with Gasteiger partial charge in [0.2, 0.25) is 5.91 Å². The number of likely N-dealkylation sites (tertiary alicyclic amines) is 1. The summed E-state index contributed by atoms with van der Waals surface area (Å²) in [6, 6.07) is 0.290. The monoisotopic (exact) mass is 339 g/mol. The van der Waals surface area contributed by atoms with Gasteiger partial charge in [-0.05, 0) is 33.0 Å². The first-order valence-corrected chi connectivity index (χ1v) is 9.40. The average Bonchev–Trinajstić information content (AvgIpc) is 2.63. The molecule has 1 amide bonds. The molecule has 0 spiro atoms. The largest absolute Gasteiger partial charge is 0.379 e. The predicted molar refractivity (Wildman–Crippen MR) is 93.9 cm³/mol. The maximum atomic E-state index is 12.6. The number of nitrogens with zero attached hydrogens (tertiary/aromatic N) is 4. The Morgan fingerprint density at radius 3 is 2.29 bits per heavy atom. The van der Waals surface area contributed by atoms with Gasteiger partial charge in [0.25, 0.3) is 0 Å². The summed E-state index contributed by atoms with van der Waals surface area (Å²) in [5, 5.41) is 0. The van der Waals surface area contributed by atoms with Crippen LogP contribution in [0.1, 0.15) is 12.8 Å². The van der Waals surface area contributed by atoms with Crippen LogP contribution in [0.15, 0.2) is 0 Å². The van der Waals surface area contributed by atoms with Crippen LogP contribution in [-0.4, -0.2) is 117 Å². The molecule has 24 heavy (non-hydrogen) atoms. The van der Waals surface area contributed by atoms with Crippen LogP contribution in [-0.2, 0) is 9.53 Å². The minimum atomic E-state index is -0.405. The molecule has 7 nitrogen and oxygen atoms in total. The lowest BCUT2D eigenvalue weighted by Gasteiger charge is -2.42. The zero-order chi connectivity index (χ0) is 16.9. The molecule has 138 valence electrons. The van der Waals surface area contributed by atoms with Crippen molar-refractivity contribution in [1.29, 1.82) is 0 Å². The third kappa shape index (κ3) is 4.67. The molecular weight excluding hydrogens is 306 g/mol. The number of ether oxygens (including phenoxy) is 1. The Hall–Kier alpha value is -0.730. The van der Waals surface area contributed by atoms with E-state index < -0.39 is 6.04 Å². The van der Waals surface area contributed by atoms with E-state index in [2.05, 4.69) is 21.7 Å². The van der Waals surface area contributed by atoms with Crippen LogP contribution in [0.4, 0.5) is 0 Å². The number of nitrogens with two attached hydrogens (primary N) is 1. The van der Waals surface area contributed by atoms with Crippen LogP contribution >= 0.6 is 0 Å². The highest BCUT2D eigenvalue weighted by Gasteiger charge is 2.30. The summed E-state index contributed by atoms with van der Waals surface area (Å²) in [7, 11) is 2.20. The topological polar surface area (TPSA) is 65.3 Å². The number of carbonyl (C=O) groups excluding carboxylic acids is 1. The number of morpholine rings is 1. The number of carbonyl (C=O) groups is 1. The van der Waals surface area contributed by atoms with Crippen LogP contribution < -0.4 is 5.73 Å². The first kappa shape index (κ1) is 18.1. The molecule has 3 fully saturated rings. The summed E-state index contributed by atoms with van der Waals surface area (Å²) in [6.07, 6.45) is 2.50. The first-order chi connectivity index (χ1) is 11.6. The van der Waals surface area contributed by atoms with Gasteiger partial charge in [-0.1, -0.05) is 0 Å². The van der Waals surface area contributed by atoms with Crippen molar-refractivity contribution >= 4 is 5.91 Å². The Morgan fingerprint density at radius 2 is 1.67 bits per heavy atom. The molecule has 0 aromatic rings. The quantitative estimate of drug-likeness (QED) is 0.700. The fraction of sp³-hybridized carbons (Fsp3) is 0.941. The third-order valence-corrected chi connectivity index (χ3v) is 5.71. The first-order valence-electron chi connectivity index (χ1n) is 9.40. The van der Waals surface area contributed by atoms with E-state index >= 15 is 0 Å². The molecule has 0 radical (unpaired) electrons. The number of hydrogen-bond donors (Lipinski definition) is 1. The van der Waals surface area contributed by atoms with Gasteiger partial charge in [-0.15, -0.1) is 0 Å². The molecule has 0 bridgehead atoms. The van der Waals surface area contributed by atoms with E-state index in [1.807, 2.05) is 4.90 Å². The second-order valence-corrected chi connectivity index (χ2v) is 7.42. The molecule has 3 saturated heterocycles. The number of hydrogen-bond acceptors (Lipinski definition) is 6. The molecular formula is C17H33N5O2. The van der Waals surface area contributed by atoms with Crippen LogP contribution in [0.5, 0.6) is 0 Å². The van der Waals surface area contributed by atoms with Crippen LogP contribution in [0.3, 0.4) is 0 Å². The van der Waals surface area contributed by atoms with E-state index in [4.69, 9.17) is 10.5 Å². The molecule has 3 rings (SSSR count). The molecule has 0 aromatic heterocycles. The molecule has 0 unspecified atom stereocenters. The van der Waals surface area contributed by atoms with Gasteiger partial charge >= 0.3 is 0 Å². The normalized spacial score (nSPS) is 27.3. The van der Waals surface area contributed by atoms with Gasteiger partial charge in [-0.25, -0.2) is 0 Å². The lowest BCUT2D eigenvalue weighted by atomic mass is 10.0. The van der Waals surface area contributed by atoms with Crippen LogP contribution in [0.2, 0.25) is 0 Å². The van der Waals surface area contributed by atoms with E-state index in [0.717, 1.165) is 52.5 Å². The summed E-state index contributed by atoms with van der Waals surface area (Å²) in [4.78, 5) is 21.8. The third-order valence-electron chi connectivity index (χ3n) is 5.71. The highest BCUT2D eigenvalue weighted by Crippen LogP contribution is 2.17. The van der Waals surface area contributed by atoms with Crippen molar-refractivity contribution in [1.82, 2.24) is 19.6 Å². The van der Waals surface area contributed by atoms with Gasteiger partial charge in [0.05, 0.1) is 19.3 Å². The molecule has 3 aliphatic heterocycles. The second kappa shape index (κ2) is 8.58. The maximum absolute atomic E-state index is 12.6. The van der Waals surface area contributed by atoms with Crippen molar-refractivity contribution < 1.29 is 9.53 Å². The van der Waals surface area contributed by atoms with Gasteiger partial charge in [-0.3, -0.25) is 14.6 Å². The second-order valence-electron chi connectivity index (χ2n) is 7.42. The average molecular weight is 339 g/mol. The maximum Gasteiger partial charge on any atom is 0.240 e. The number of piperidine rings is 1. The van der Waals surface area contributed by atoms with E-state index in [1.54, 1.807) is 0 Å². The van der Waals surface area contributed by atoms with Gasteiger partial charge in [0.15, 0.2) is 0 Å². The van der Waals surface area contributed by atoms with E-state index in [0.29, 0.717) is 12.6 Å². The van der Waals surface area contributed by atoms with E-state index in [9.17, 15) is 4.79 Å². The van der Waals surface area contributed by atoms with E-state index in [1.165, 1.54) is 25.9 Å². The lowest BCUT2D eigenvalue weighted by molar-refractivity contribution is -0.135. The van der Waals surface area contributed by atoms with Gasteiger partial charge in [0.1, 0.15) is 0 Å². The summed E-state index contributed by atoms with van der Waals surface area (Å²) < 4.78 is 5.35. The Bertz CT molecular complexity index is 400. The van der Waals surface area contributed by atoms with Gasteiger partial charge < -0.3 is 20.3 Å². The molecule has 0 aliphatic carbocycles. The zero-order valence-corrected chi connectivity index (χ0v) is 15.0. The minimum absolute atomic E-state index is 0.115. The molecule has 7 heteroatoms. The molecule has 1 atom stereocenters. The smallest absolute Gasteiger partial charge is 0.240 e. The van der Waals surface area contributed by atoms with Crippen molar-refractivity contribution in [3.05, 3.63) is 0 Å². The van der Waals surface area contributed by atoms with E-state index in [-0.39, 0.29) is 5.91 Å². The van der Waals surface area contributed by atoms with Crippen molar-refractivity contribution in [2.45, 2.75) is 24.9 Å². The molecule has 3 heterocycles. The predicted octanol–water partition coefficient (Wildman–Crippen LogP) is -1.12. The summed E-state index contributed by atoms with van der Waals surface area (Å²) in [5.74, 6) is 0.115. The Kier molecular flexibility index (Phi) is 6.46. The van der Waals surface area contributed by atoms with Crippen LogP contribution in [0.25, 0.3) is 0 Å². The lowest BCUT2D eigenvalue weighted by Crippen LogP contribution is -2.58. The standard InChI is InChI=1S/C17H33N5O2/c1-19-4-2-15(3-5-19)21-6-8-22(9-7-21)17(23)16(18)14-20-10-12-24-13-11-20/h15-16H,2-14,18H2,1H3/t16-/m1/s1. The van der Waals surface area contributed by atoms with Crippen molar-refractivity contribution in [2.24, 2.45) is 5.73 Å². The summed E-state index contributed by atoms with van der Waals surface area (Å²) >= 11 is 0. The highest BCUT2D eigenvalue weighted by atomic mass is 16.5. The van der Waals surface area contributed by atoms with Gasteiger partial charge in [0, 0.05) is 51.9 Å². The van der Waals surface area contributed by atoms with Gasteiger partial charge in [-0.2, -0.15) is 0 Å². The van der Waals surface area contributed by atoms with Crippen molar-refractivity contribution in [3.8, 4) is 0 Å². The molecule has 2 N–H and O–H groups in total. The summed E-state index contributed by atoms with van der Waals surface area (Å²) in [6.45, 7) is 9.90. The number of rotatable bonds is 4. The number of piperazine rings is 1. The highest BCUT2D eigenvalue weighted by molar-refractivity contribution is 5.82. The Labute approximate surface area is 145 Å².